The minimum atomic E-state index is -0.237. The number of benzene rings is 1. The number of fused-ring (bicyclic) bond motifs is 1. The highest BCUT2D eigenvalue weighted by Crippen LogP contribution is 2.23. The molecule has 0 radical (unpaired) electrons. The fourth-order valence-electron chi connectivity index (χ4n) is 3.87. The molecule has 0 spiro atoms. The van der Waals surface area contributed by atoms with E-state index in [9.17, 15) is 9.90 Å². The van der Waals surface area contributed by atoms with Crippen LogP contribution in [0.4, 0.5) is 11.8 Å². The second kappa shape index (κ2) is 8.75. The monoisotopic (exact) mass is 405 g/mol. The summed E-state index contributed by atoms with van der Waals surface area (Å²) in [6.45, 7) is 3.94. The lowest BCUT2D eigenvalue weighted by molar-refractivity contribution is 0.102. The molecule has 0 bridgehead atoms. The fourth-order valence-corrected chi connectivity index (χ4v) is 3.87. The van der Waals surface area contributed by atoms with Gasteiger partial charge in [0.05, 0.1) is 17.2 Å². The minimum Gasteiger partial charge on any atom is -0.393 e. The molecule has 1 aliphatic carbocycles. The van der Waals surface area contributed by atoms with Gasteiger partial charge in [-0.3, -0.25) is 4.79 Å². The maximum absolute atomic E-state index is 13.1. The van der Waals surface area contributed by atoms with Crippen molar-refractivity contribution in [2.45, 2.75) is 58.1 Å². The van der Waals surface area contributed by atoms with E-state index in [4.69, 9.17) is 0 Å². The molecule has 2 heterocycles. The molecular weight excluding hydrogens is 378 g/mol. The Morgan fingerprint density at radius 1 is 1.13 bits per heavy atom. The summed E-state index contributed by atoms with van der Waals surface area (Å²) in [5.74, 6) is 0.860. The number of aromatic nitrogens is 3. The van der Waals surface area contributed by atoms with Crippen LogP contribution in [-0.4, -0.2) is 38.1 Å². The summed E-state index contributed by atoms with van der Waals surface area (Å²) >= 11 is 0. The zero-order valence-corrected chi connectivity index (χ0v) is 17.4. The Labute approximate surface area is 176 Å². The molecule has 1 aliphatic rings. The van der Waals surface area contributed by atoms with Gasteiger partial charge in [0.25, 0.3) is 5.91 Å². The molecule has 4 rings (SSSR count). The van der Waals surface area contributed by atoms with Crippen molar-refractivity contribution in [1.29, 1.82) is 0 Å². The number of nitrogens with zero attached hydrogens (tertiary/aromatic N) is 3. The van der Waals surface area contributed by atoms with Crippen molar-refractivity contribution in [3.05, 3.63) is 53.3 Å². The highest BCUT2D eigenvalue weighted by molar-refractivity contribution is 6.11. The van der Waals surface area contributed by atoms with E-state index < -0.39 is 0 Å². The second-order valence-electron chi connectivity index (χ2n) is 7.85. The second-order valence-corrected chi connectivity index (χ2v) is 7.85. The number of anilines is 2. The number of pyridine rings is 1. The minimum absolute atomic E-state index is 0.209. The first-order valence-corrected chi connectivity index (χ1v) is 10.5. The quantitative estimate of drug-likeness (QED) is 0.596. The summed E-state index contributed by atoms with van der Waals surface area (Å²) in [6, 6.07) is 9.67. The summed E-state index contributed by atoms with van der Waals surface area (Å²) in [5.41, 5.74) is 2.94. The van der Waals surface area contributed by atoms with Crippen LogP contribution >= 0.6 is 0 Å². The lowest BCUT2D eigenvalue weighted by Gasteiger charge is -2.26. The molecule has 3 aromatic rings. The third-order valence-corrected chi connectivity index (χ3v) is 5.62. The molecule has 7 heteroatoms. The van der Waals surface area contributed by atoms with E-state index >= 15 is 0 Å². The molecule has 1 amide bonds. The molecular formula is C23H27N5O2. The molecule has 7 nitrogen and oxygen atoms in total. The Morgan fingerprint density at radius 2 is 1.93 bits per heavy atom. The average molecular weight is 406 g/mol. The predicted octanol–water partition coefficient (Wildman–Crippen LogP) is 3.86. The Balaban J connectivity index is 1.60. The Kier molecular flexibility index (Phi) is 5.90. The van der Waals surface area contributed by atoms with Crippen molar-refractivity contribution >= 4 is 28.6 Å². The van der Waals surface area contributed by atoms with Gasteiger partial charge in [-0.05, 0) is 56.7 Å². The van der Waals surface area contributed by atoms with Crippen LogP contribution in [0.5, 0.6) is 0 Å². The number of carbonyl (C=O) groups is 1. The number of aliphatic hydroxyl groups excluding tert-OH is 1. The summed E-state index contributed by atoms with van der Waals surface area (Å²) in [7, 11) is 0. The SMILES string of the molecule is CCc1ccc(C)nc1NC(=O)c1cccc2cnc(N[C@H]3CC[C@H](O)CC3)nc12. The molecule has 0 atom stereocenters. The van der Waals surface area contributed by atoms with Crippen molar-refractivity contribution in [2.24, 2.45) is 0 Å². The van der Waals surface area contributed by atoms with Gasteiger partial charge < -0.3 is 15.7 Å². The van der Waals surface area contributed by atoms with Crippen LogP contribution in [0.2, 0.25) is 0 Å². The Morgan fingerprint density at radius 3 is 2.70 bits per heavy atom. The summed E-state index contributed by atoms with van der Waals surface area (Å²) in [5, 5.41) is 16.8. The van der Waals surface area contributed by atoms with E-state index in [2.05, 4.69) is 25.6 Å². The number of amides is 1. The van der Waals surface area contributed by atoms with Gasteiger partial charge in [-0.1, -0.05) is 25.1 Å². The number of hydrogen-bond donors (Lipinski definition) is 3. The number of hydrogen-bond acceptors (Lipinski definition) is 6. The number of rotatable bonds is 5. The Hall–Kier alpha value is -3.06. The van der Waals surface area contributed by atoms with E-state index in [1.54, 1.807) is 12.3 Å². The zero-order chi connectivity index (χ0) is 21.1. The summed E-state index contributed by atoms with van der Waals surface area (Å²) < 4.78 is 0. The number of aryl methyl sites for hydroxylation is 2. The van der Waals surface area contributed by atoms with E-state index in [1.165, 1.54) is 0 Å². The highest BCUT2D eigenvalue weighted by atomic mass is 16.3. The van der Waals surface area contributed by atoms with Gasteiger partial charge >= 0.3 is 0 Å². The van der Waals surface area contributed by atoms with Crippen LogP contribution in [0.25, 0.3) is 10.9 Å². The standard InChI is InChI=1S/C23H27N5O2/c1-3-15-8-7-14(2)25-21(15)28-22(30)19-6-4-5-16-13-24-23(27-20(16)19)26-17-9-11-18(29)12-10-17/h4-8,13,17-18,29H,3,9-12H2,1-2H3,(H,24,26,27)(H,25,28,30)/t17-,18-. The summed E-state index contributed by atoms with van der Waals surface area (Å²) in [6.07, 6.45) is 5.63. The third kappa shape index (κ3) is 4.41. The van der Waals surface area contributed by atoms with Gasteiger partial charge in [0.1, 0.15) is 5.82 Å². The fraction of sp³-hybridized carbons (Fsp3) is 0.391. The highest BCUT2D eigenvalue weighted by Gasteiger charge is 2.20. The topological polar surface area (TPSA) is 100 Å². The Bertz CT molecular complexity index is 1060. The van der Waals surface area contributed by atoms with Crippen molar-refractivity contribution in [3.8, 4) is 0 Å². The van der Waals surface area contributed by atoms with E-state index in [-0.39, 0.29) is 18.1 Å². The van der Waals surface area contributed by atoms with Gasteiger partial charge in [-0.25, -0.2) is 15.0 Å². The maximum Gasteiger partial charge on any atom is 0.259 e. The molecule has 2 aromatic heterocycles. The number of aliphatic hydroxyl groups is 1. The molecule has 30 heavy (non-hydrogen) atoms. The molecule has 0 unspecified atom stereocenters. The smallest absolute Gasteiger partial charge is 0.259 e. The molecule has 1 saturated carbocycles. The van der Waals surface area contributed by atoms with Crippen LogP contribution < -0.4 is 10.6 Å². The molecule has 156 valence electrons. The van der Waals surface area contributed by atoms with Crippen LogP contribution in [0.1, 0.15) is 54.2 Å². The summed E-state index contributed by atoms with van der Waals surface area (Å²) in [4.78, 5) is 26.6. The van der Waals surface area contributed by atoms with E-state index in [0.29, 0.717) is 22.8 Å². The van der Waals surface area contributed by atoms with Crippen LogP contribution in [0, 0.1) is 6.92 Å². The third-order valence-electron chi connectivity index (χ3n) is 5.62. The first kappa shape index (κ1) is 20.2. The van der Waals surface area contributed by atoms with Crippen LogP contribution in [-0.2, 0) is 6.42 Å². The molecule has 0 aliphatic heterocycles. The lowest BCUT2D eigenvalue weighted by Crippen LogP contribution is -2.29. The average Bonchev–Trinajstić information content (AvgIpc) is 2.75. The van der Waals surface area contributed by atoms with Gasteiger partial charge in [-0.2, -0.15) is 0 Å². The normalized spacial score (nSPS) is 18.9. The molecule has 3 N–H and O–H groups in total. The van der Waals surface area contributed by atoms with Gasteiger partial charge in [-0.15, -0.1) is 0 Å². The number of carbonyl (C=O) groups excluding carboxylic acids is 1. The van der Waals surface area contributed by atoms with Gasteiger partial charge in [0.15, 0.2) is 0 Å². The molecule has 1 aromatic carbocycles. The number of nitrogens with one attached hydrogen (secondary N) is 2. The van der Waals surface area contributed by atoms with Crippen molar-refractivity contribution < 1.29 is 9.90 Å². The van der Waals surface area contributed by atoms with E-state index in [1.807, 2.05) is 38.1 Å². The lowest BCUT2D eigenvalue weighted by atomic mass is 9.93. The first-order chi connectivity index (χ1) is 14.5. The number of para-hydroxylation sites is 1. The largest absolute Gasteiger partial charge is 0.393 e. The first-order valence-electron chi connectivity index (χ1n) is 10.5. The molecule has 0 saturated heterocycles. The predicted molar refractivity (Wildman–Crippen MR) is 118 cm³/mol. The van der Waals surface area contributed by atoms with Crippen molar-refractivity contribution in [1.82, 2.24) is 15.0 Å². The van der Waals surface area contributed by atoms with Gasteiger partial charge in [0, 0.05) is 23.3 Å². The van der Waals surface area contributed by atoms with E-state index in [0.717, 1.165) is 48.7 Å². The van der Waals surface area contributed by atoms with Crippen LogP contribution in [0.3, 0.4) is 0 Å². The van der Waals surface area contributed by atoms with Crippen molar-refractivity contribution in [3.63, 3.8) is 0 Å². The van der Waals surface area contributed by atoms with Crippen LogP contribution in [0.15, 0.2) is 36.5 Å². The maximum atomic E-state index is 13.1. The molecule has 1 fully saturated rings. The van der Waals surface area contributed by atoms with Gasteiger partial charge in [0.2, 0.25) is 5.95 Å². The zero-order valence-electron chi connectivity index (χ0n) is 17.4. The van der Waals surface area contributed by atoms with Crippen molar-refractivity contribution in [2.75, 3.05) is 10.6 Å².